The first-order valence-corrected chi connectivity index (χ1v) is 8.25. The van der Waals surface area contributed by atoms with Gasteiger partial charge in [-0.25, -0.2) is 14.8 Å². The normalized spacial score (nSPS) is 16.0. The van der Waals surface area contributed by atoms with E-state index in [1.807, 2.05) is 11.0 Å². The molecule has 1 saturated heterocycles. The van der Waals surface area contributed by atoms with Crippen LogP contribution in [-0.4, -0.2) is 54.0 Å². The van der Waals surface area contributed by atoms with Crippen molar-refractivity contribution in [2.75, 3.05) is 32.2 Å². The number of para-hydroxylation sites is 2. The van der Waals surface area contributed by atoms with Crippen LogP contribution in [0, 0.1) is 0 Å². The maximum absolute atomic E-state index is 12.0. The molecule has 8 nitrogen and oxygen atoms in total. The highest BCUT2D eigenvalue weighted by atomic mass is 16.5. The van der Waals surface area contributed by atoms with Gasteiger partial charge in [0.2, 0.25) is 5.60 Å². The SMILES string of the molecule is COc1ccccc1OC1(C(=O)O)CCN(c2nccnc2OC)CC1. The fourth-order valence-corrected chi connectivity index (χ4v) is 3.03. The number of carbonyl (C=O) groups is 1. The van der Waals surface area contributed by atoms with Crippen LogP contribution >= 0.6 is 0 Å². The largest absolute Gasteiger partial charge is 0.493 e. The molecule has 138 valence electrons. The second-order valence-electron chi connectivity index (χ2n) is 5.93. The summed E-state index contributed by atoms with van der Waals surface area (Å²) in [5.74, 6) is 0.954. The Morgan fingerprint density at radius 3 is 2.35 bits per heavy atom. The van der Waals surface area contributed by atoms with Gasteiger partial charge in [0, 0.05) is 38.3 Å². The number of benzene rings is 1. The predicted octanol–water partition coefficient (Wildman–Crippen LogP) is 2.00. The molecule has 0 radical (unpaired) electrons. The quantitative estimate of drug-likeness (QED) is 0.837. The van der Waals surface area contributed by atoms with E-state index < -0.39 is 11.6 Å². The lowest BCUT2D eigenvalue weighted by molar-refractivity contribution is -0.157. The summed E-state index contributed by atoms with van der Waals surface area (Å²) in [7, 11) is 3.06. The Morgan fingerprint density at radius 1 is 1.08 bits per heavy atom. The monoisotopic (exact) mass is 359 g/mol. The number of methoxy groups -OCH3 is 2. The number of aromatic nitrogens is 2. The molecule has 1 aliphatic heterocycles. The molecule has 1 N–H and O–H groups in total. The number of nitrogens with zero attached hydrogens (tertiary/aromatic N) is 3. The Balaban J connectivity index is 1.80. The van der Waals surface area contributed by atoms with Gasteiger partial charge >= 0.3 is 5.97 Å². The number of aliphatic carboxylic acids is 1. The molecule has 2 aromatic rings. The lowest BCUT2D eigenvalue weighted by Gasteiger charge is -2.39. The molecule has 1 aliphatic rings. The fourth-order valence-electron chi connectivity index (χ4n) is 3.03. The molecule has 1 aromatic carbocycles. The van der Waals surface area contributed by atoms with Crippen molar-refractivity contribution in [2.24, 2.45) is 0 Å². The summed E-state index contributed by atoms with van der Waals surface area (Å²) in [5, 5.41) is 9.83. The molecule has 0 saturated carbocycles. The third-order valence-corrected chi connectivity index (χ3v) is 4.47. The van der Waals surface area contributed by atoms with Crippen LogP contribution in [0.25, 0.3) is 0 Å². The van der Waals surface area contributed by atoms with Gasteiger partial charge in [0.15, 0.2) is 17.3 Å². The Kier molecular flexibility index (Phi) is 5.11. The number of carboxylic acid groups (broad SMARTS) is 1. The Labute approximate surface area is 151 Å². The van der Waals surface area contributed by atoms with Crippen LogP contribution in [0.3, 0.4) is 0 Å². The molecule has 0 aliphatic carbocycles. The van der Waals surface area contributed by atoms with E-state index >= 15 is 0 Å². The minimum absolute atomic E-state index is 0.292. The smallest absolute Gasteiger partial charge is 0.348 e. The summed E-state index contributed by atoms with van der Waals surface area (Å²) >= 11 is 0. The van der Waals surface area contributed by atoms with Gasteiger partial charge < -0.3 is 24.2 Å². The number of hydrogen-bond acceptors (Lipinski definition) is 7. The van der Waals surface area contributed by atoms with E-state index in [1.54, 1.807) is 30.6 Å². The summed E-state index contributed by atoms with van der Waals surface area (Å²) in [6.45, 7) is 0.910. The van der Waals surface area contributed by atoms with Gasteiger partial charge in [-0.3, -0.25) is 0 Å². The highest BCUT2D eigenvalue weighted by Crippen LogP contribution is 2.36. The van der Waals surface area contributed by atoms with Crippen molar-refractivity contribution in [3.8, 4) is 17.4 Å². The van der Waals surface area contributed by atoms with Gasteiger partial charge in [-0.15, -0.1) is 0 Å². The van der Waals surface area contributed by atoms with Crippen molar-refractivity contribution in [1.82, 2.24) is 9.97 Å². The molecule has 0 bridgehead atoms. The first kappa shape index (κ1) is 17.8. The average molecular weight is 359 g/mol. The third kappa shape index (κ3) is 3.35. The van der Waals surface area contributed by atoms with Crippen molar-refractivity contribution < 1.29 is 24.1 Å². The highest BCUT2D eigenvalue weighted by molar-refractivity contribution is 5.78. The van der Waals surface area contributed by atoms with Crippen molar-refractivity contribution >= 4 is 11.8 Å². The minimum atomic E-state index is -1.32. The van der Waals surface area contributed by atoms with E-state index in [-0.39, 0.29) is 0 Å². The van der Waals surface area contributed by atoms with Gasteiger partial charge in [0.05, 0.1) is 14.2 Å². The summed E-state index contributed by atoms with van der Waals surface area (Å²) in [6, 6.07) is 7.04. The van der Waals surface area contributed by atoms with E-state index in [9.17, 15) is 9.90 Å². The zero-order valence-electron chi connectivity index (χ0n) is 14.7. The Morgan fingerprint density at radius 2 is 1.73 bits per heavy atom. The molecule has 0 amide bonds. The van der Waals surface area contributed by atoms with Gasteiger partial charge in [-0.1, -0.05) is 12.1 Å². The number of anilines is 1. The highest BCUT2D eigenvalue weighted by Gasteiger charge is 2.45. The molecular weight excluding hydrogens is 338 g/mol. The second-order valence-corrected chi connectivity index (χ2v) is 5.93. The lowest BCUT2D eigenvalue weighted by atomic mass is 9.91. The van der Waals surface area contributed by atoms with E-state index in [2.05, 4.69) is 9.97 Å². The van der Waals surface area contributed by atoms with E-state index in [1.165, 1.54) is 14.2 Å². The van der Waals surface area contributed by atoms with Crippen LogP contribution in [0.15, 0.2) is 36.7 Å². The number of rotatable bonds is 6. The van der Waals surface area contributed by atoms with Gasteiger partial charge in [-0.05, 0) is 12.1 Å². The van der Waals surface area contributed by atoms with Gasteiger partial charge in [0.1, 0.15) is 0 Å². The van der Waals surface area contributed by atoms with Crippen LogP contribution in [-0.2, 0) is 4.79 Å². The number of ether oxygens (including phenoxy) is 3. The van der Waals surface area contributed by atoms with Crippen molar-refractivity contribution in [2.45, 2.75) is 18.4 Å². The van der Waals surface area contributed by atoms with E-state index in [0.29, 0.717) is 49.1 Å². The maximum Gasteiger partial charge on any atom is 0.348 e. The molecular formula is C18H21N3O5. The molecule has 3 rings (SSSR count). The second kappa shape index (κ2) is 7.47. The van der Waals surface area contributed by atoms with E-state index in [4.69, 9.17) is 14.2 Å². The molecule has 0 unspecified atom stereocenters. The Bertz CT molecular complexity index is 775. The van der Waals surface area contributed by atoms with Crippen LogP contribution < -0.4 is 19.1 Å². The number of carboxylic acids is 1. The minimum Gasteiger partial charge on any atom is -0.493 e. The number of hydrogen-bond donors (Lipinski definition) is 1. The lowest BCUT2D eigenvalue weighted by Crippen LogP contribution is -2.53. The molecule has 2 heterocycles. The summed E-state index contributed by atoms with van der Waals surface area (Å²) in [5.41, 5.74) is -1.32. The van der Waals surface area contributed by atoms with Crippen LogP contribution in [0.4, 0.5) is 5.82 Å². The molecule has 26 heavy (non-hydrogen) atoms. The molecule has 0 atom stereocenters. The van der Waals surface area contributed by atoms with Crippen LogP contribution in [0.2, 0.25) is 0 Å². The average Bonchev–Trinajstić information content (AvgIpc) is 2.69. The standard InChI is InChI=1S/C18H21N3O5/c1-24-13-5-3-4-6-14(13)26-18(17(22)23)7-11-21(12-8-18)15-16(25-2)20-10-9-19-15/h3-6,9-10H,7-8,11-12H2,1-2H3,(H,22,23). The predicted molar refractivity (Wildman–Crippen MR) is 94.0 cm³/mol. The summed E-state index contributed by atoms with van der Waals surface area (Å²) in [4.78, 5) is 22.4. The summed E-state index contributed by atoms with van der Waals surface area (Å²) in [6.07, 6.45) is 3.72. The molecule has 0 spiro atoms. The van der Waals surface area contributed by atoms with Crippen LogP contribution in [0.1, 0.15) is 12.8 Å². The zero-order chi connectivity index (χ0) is 18.6. The van der Waals surface area contributed by atoms with E-state index in [0.717, 1.165) is 0 Å². The van der Waals surface area contributed by atoms with Crippen LogP contribution in [0.5, 0.6) is 17.4 Å². The van der Waals surface area contributed by atoms with Crippen molar-refractivity contribution in [3.05, 3.63) is 36.7 Å². The van der Waals surface area contributed by atoms with Gasteiger partial charge in [-0.2, -0.15) is 0 Å². The Hall–Kier alpha value is -3.03. The first-order valence-electron chi connectivity index (χ1n) is 8.25. The summed E-state index contributed by atoms with van der Waals surface area (Å²) < 4.78 is 16.5. The van der Waals surface area contributed by atoms with Gasteiger partial charge in [0.25, 0.3) is 5.88 Å². The maximum atomic E-state index is 12.0. The molecule has 1 aromatic heterocycles. The fraction of sp³-hybridized carbons (Fsp3) is 0.389. The zero-order valence-corrected chi connectivity index (χ0v) is 14.7. The first-order chi connectivity index (χ1) is 12.6. The third-order valence-electron chi connectivity index (χ3n) is 4.47. The topological polar surface area (TPSA) is 94.0 Å². The molecule has 1 fully saturated rings. The van der Waals surface area contributed by atoms with Crippen molar-refractivity contribution in [1.29, 1.82) is 0 Å². The van der Waals surface area contributed by atoms with Crippen molar-refractivity contribution in [3.63, 3.8) is 0 Å². The number of piperidine rings is 1. The molecule has 8 heteroatoms.